The Hall–Kier alpha value is -2.08. The molecule has 1 fully saturated rings. The van der Waals surface area contributed by atoms with Crippen LogP contribution < -0.4 is 9.47 Å². The third-order valence-electron chi connectivity index (χ3n) is 4.21. The van der Waals surface area contributed by atoms with Crippen LogP contribution in [0.1, 0.15) is 13.8 Å². The molecule has 0 bridgehead atoms. The summed E-state index contributed by atoms with van der Waals surface area (Å²) in [6, 6.07) is 17.1. The molecule has 0 amide bonds. The van der Waals surface area contributed by atoms with Gasteiger partial charge in [0.25, 0.3) is 0 Å². The molecule has 2 aromatic rings. The zero-order valence-electron chi connectivity index (χ0n) is 15.4. The second-order valence-corrected chi connectivity index (χ2v) is 6.83. The second kappa shape index (κ2) is 9.03. The van der Waals surface area contributed by atoms with Crippen molar-refractivity contribution in [2.75, 3.05) is 26.2 Å². The molecular weight excluding hydrogens is 330 g/mol. The van der Waals surface area contributed by atoms with Crippen LogP contribution in [0.15, 0.2) is 54.6 Å². The topological polar surface area (TPSA) is 51.2 Å². The van der Waals surface area contributed by atoms with Gasteiger partial charge in [-0.3, -0.25) is 4.90 Å². The highest BCUT2D eigenvalue weighted by atomic mass is 16.5. The van der Waals surface area contributed by atoms with Crippen molar-refractivity contribution in [3.63, 3.8) is 0 Å². The molecule has 2 aromatic carbocycles. The largest absolute Gasteiger partial charge is 0.491 e. The summed E-state index contributed by atoms with van der Waals surface area (Å²) >= 11 is 0. The zero-order valence-corrected chi connectivity index (χ0v) is 15.4. The highest BCUT2D eigenvalue weighted by Crippen LogP contribution is 2.23. The molecule has 0 saturated carbocycles. The van der Waals surface area contributed by atoms with E-state index in [1.165, 1.54) is 0 Å². The zero-order chi connectivity index (χ0) is 18.4. The van der Waals surface area contributed by atoms with Gasteiger partial charge >= 0.3 is 0 Å². The lowest BCUT2D eigenvalue weighted by Crippen LogP contribution is -2.48. The van der Waals surface area contributed by atoms with Crippen molar-refractivity contribution in [1.82, 2.24) is 4.90 Å². The number of hydrogen-bond acceptors (Lipinski definition) is 5. The summed E-state index contributed by atoms with van der Waals surface area (Å²) in [7, 11) is 0. The summed E-state index contributed by atoms with van der Waals surface area (Å²) in [6.07, 6.45) is -0.138. The van der Waals surface area contributed by atoms with E-state index in [0.717, 1.165) is 24.6 Å². The number of rotatable bonds is 7. The lowest BCUT2D eigenvalue weighted by atomic mass is 10.2. The number of ether oxygens (including phenoxy) is 3. The van der Waals surface area contributed by atoms with Crippen LogP contribution in [0.2, 0.25) is 0 Å². The molecule has 0 aliphatic carbocycles. The smallest absolute Gasteiger partial charge is 0.127 e. The first-order chi connectivity index (χ1) is 12.6. The fraction of sp³-hybridized carbons (Fsp3) is 0.429. The highest BCUT2D eigenvalue weighted by Gasteiger charge is 2.23. The van der Waals surface area contributed by atoms with Gasteiger partial charge in [0.2, 0.25) is 0 Å². The number of β-amino-alcohol motifs (C(OH)–C–C–N with tert-alkyl or cyclic N) is 1. The van der Waals surface area contributed by atoms with Gasteiger partial charge in [-0.2, -0.15) is 0 Å². The number of benzene rings is 2. The molecule has 1 saturated heterocycles. The first-order valence-electron chi connectivity index (χ1n) is 9.10. The van der Waals surface area contributed by atoms with Crippen molar-refractivity contribution in [3.8, 4) is 17.2 Å². The fourth-order valence-electron chi connectivity index (χ4n) is 3.21. The number of para-hydroxylation sites is 1. The summed E-state index contributed by atoms with van der Waals surface area (Å²) < 4.78 is 17.2. The summed E-state index contributed by atoms with van der Waals surface area (Å²) in [6.45, 7) is 6.65. The molecule has 0 radical (unpaired) electrons. The maximum atomic E-state index is 10.3. The average Bonchev–Trinajstić information content (AvgIpc) is 2.61. The molecule has 1 aliphatic rings. The minimum Gasteiger partial charge on any atom is -0.491 e. The van der Waals surface area contributed by atoms with Gasteiger partial charge < -0.3 is 19.3 Å². The molecule has 5 heteroatoms. The lowest BCUT2D eigenvalue weighted by molar-refractivity contribution is -0.0786. The summed E-state index contributed by atoms with van der Waals surface area (Å²) in [5.41, 5.74) is 0. The van der Waals surface area contributed by atoms with Gasteiger partial charge in [-0.1, -0.05) is 18.2 Å². The van der Waals surface area contributed by atoms with E-state index in [1.807, 2.05) is 54.6 Å². The number of aliphatic hydroxyl groups is 1. The summed E-state index contributed by atoms with van der Waals surface area (Å²) in [4.78, 5) is 2.23. The molecule has 0 aromatic heterocycles. The SMILES string of the molecule is CC1CN(CC(O)COc2ccc(Oc3ccccc3)cc2)CC(C)O1. The second-order valence-electron chi connectivity index (χ2n) is 6.83. The Morgan fingerprint density at radius 3 is 2.19 bits per heavy atom. The van der Waals surface area contributed by atoms with E-state index in [4.69, 9.17) is 14.2 Å². The average molecular weight is 357 g/mol. The predicted octanol–water partition coefficient (Wildman–Crippen LogP) is 3.33. The molecule has 1 N–H and O–H groups in total. The standard InChI is InChI=1S/C21H27NO4/c1-16-12-22(13-17(2)25-16)14-18(23)15-24-19-8-10-21(11-9-19)26-20-6-4-3-5-7-20/h3-11,16-18,23H,12-15H2,1-2H3. The van der Waals surface area contributed by atoms with Crippen LogP contribution in [0.3, 0.4) is 0 Å². The minimum absolute atomic E-state index is 0.198. The number of aliphatic hydroxyl groups excluding tert-OH is 1. The van der Waals surface area contributed by atoms with E-state index < -0.39 is 6.10 Å². The van der Waals surface area contributed by atoms with E-state index in [0.29, 0.717) is 12.3 Å². The van der Waals surface area contributed by atoms with Crippen LogP contribution >= 0.6 is 0 Å². The van der Waals surface area contributed by atoms with E-state index in [-0.39, 0.29) is 18.8 Å². The van der Waals surface area contributed by atoms with Gasteiger partial charge in [-0.25, -0.2) is 0 Å². The van der Waals surface area contributed by atoms with Gasteiger partial charge in [0.15, 0.2) is 0 Å². The predicted molar refractivity (Wildman–Crippen MR) is 101 cm³/mol. The molecule has 140 valence electrons. The molecule has 0 spiro atoms. The summed E-state index contributed by atoms with van der Waals surface area (Å²) in [5, 5.41) is 10.3. The number of morpholine rings is 1. The minimum atomic E-state index is -0.534. The van der Waals surface area contributed by atoms with Crippen molar-refractivity contribution >= 4 is 0 Å². The van der Waals surface area contributed by atoms with Crippen molar-refractivity contribution in [2.24, 2.45) is 0 Å². The van der Waals surface area contributed by atoms with Gasteiger partial charge in [-0.05, 0) is 50.2 Å². The van der Waals surface area contributed by atoms with Crippen LogP contribution in [-0.2, 0) is 4.74 Å². The normalized spacial score (nSPS) is 22.0. The number of hydrogen-bond donors (Lipinski definition) is 1. The highest BCUT2D eigenvalue weighted by molar-refractivity contribution is 5.35. The molecule has 3 unspecified atom stereocenters. The lowest BCUT2D eigenvalue weighted by Gasteiger charge is -2.36. The van der Waals surface area contributed by atoms with Crippen LogP contribution in [0.5, 0.6) is 17.2 Å². The third kappa shape index (κ3) is 5.73. The Balaban J connectivity index is 1.44. The number of nitrogens with zero attached hydrogens (tertiary/aromatic N) is 1. The van der Waals surface area contributed by atoms with E-state index in [2.05, 4.69) is 18.7 Å². The van der Waals surface area contributed by atoms with Crippen molar-refractivity contribution < 1.29 is 19.3 Å². The molecule has 3 atom stereocenters. The van der Waals surface area contributed by atoms with Crippen molar-refractivity contribution in [1.29, 1.82) is 0 Å². The molecule has 1 heterocycles. The van der Waals surface area contributed by atoms with E-state index in [9.17, 15) is 5.11 Å². The van der Waals surface area contributed by atoms with Gasteiger partial charge in [0, 0.05) is 19.6 Å². The van der Waals surface area contributed by atoms with Crippen LogP contribution in [0, 0.1) is 0 Å². The maximum absolute atomic E-state index is 10.3. The third-order valence-corrected chi connectivity index (χ3v) is 4.21. The van der Waals surface area contributed by atoms with Crippen LogP contribution in [0.25, 0.3) is 0 Å². The Morgan fingerprint density at radius 1 is 0.962 bits per heavy atom. The first-order valence-corrected chi connectivity index (χ1v) is 9.10. The molecule has 3 rings (SSSR count). The van der Waals surface area contributed by atoms with Crippen molar-refractivity contribution in [2.45, 2.75) is 32.2 Å². The fourth-order valence-corrected chi connectivity index (χ4v) is 3.21. The quantitative estimate of drug-likeness (QED) is 0.824. The van der Waals surface area contributed by atoms with E-state index >= 15 is 0 Å². The Labute approximate surface area is 155 Å². The Morgan fingerprint density at radius 2 is 1.54 bits per heavy atom. The Kier molecular flexibility index (Phi) is 6.50. The maximum Gasteiger partial charge on any atom is 0.127 e. The van der Waals surface area contributed by atoms with E-state index in [1.54, 1.807) is 0 Å². The molecular formula is C21H27NO4. The van der Waals surface area contributed by atoms with Gasteiger partial charge in [-0.15, -0.1) is 0 Å². The monoisotopic (exact) mass is 357 g/mol. The molecule has 1 aliphatic heterocycles. The molecule has 5 nitrogen and oxygen atoms in total. The van der Waals surface area contributed by atoms with Crippen molar-refractivity contribution in [3.05, 3.63) is 54.6 Å². The molecule has 26 heavy (non-hydrogen) atoms. The Bertz CT molecular complexity index is 651. The van der Waals surface area contributed by atoms with Gasteiger partial charge in [0.05, 0.1) is 12.2 Å². The van der Waals surface area contributed by atoms with Gasteiger partial charge in [0.1, 0.15) is 30.0 Å². The van der Waals surface area contributed by atoms with Crippen LogP contribution in [0.4, 0.5) is 0 Å². The first kappa shape index (κ1) is 18.7. The summed E-state index contributed by atoms with van der Waals surface area (Å²) in [5.74, 6) is 2.26. The van der Waals surface area contributed by atoms with Crippen LogP contribution in [-0.4, -0.2) is 54.6 Å².